The van der Waals surface area contributed by atoms with Crippen molar-refractivity contribution in [3.05, 3.63) is 52.0 Å². The van der Waals surface area contributed by atoms with E-state index in [1.54, 1.807) is 55.5 Å². The summed E-state index contributed by atoms with van der Waals surface area (Å²) in [6, 6.07) is 9.26. The number of rotatable bonds is 3. The lowest BCUT2D eigenvalue weighted by Gasteiger charge is -2.30. The number of urea groups is 1. The molecule has 0 radical (unpaired) electrons. The van der Waals surface area contributed by atoms with Crippen LogP contribution in [0.1, 0.15) is 24.2 Å². The van der Waals surface area contributed by atoms with Gasteiger partial charge in [-0.05, 0) is 43.2 Å². The average Bonchev–Trinajstić information content (AvgIpc) is 2.77. The van der Waals surface area contributed by atoms with Crippen LogP contribution in [-0.2, 0) is 4.74 Å². The van der Waals surface area contributed by atoms with Crippen LogP contribution in [0.15, 0.2) is 36.4 Å². The van der Waals surface area contributed by atoms with Gasteiger partial charge in [0.2, 0.25) is 0 Å². The van der Waals surface area contributed by atoms with E-state index in [4.69, 9.17) is 32.7 Å². The highest BCUT2D eigenvalue weighted by molar-refractivity contribution is 6.35. The molecule has 34 heavy (non-hydrogen) atoms. The van der Waals surface area contributed by atoms with E-state index in [1.807, 2.05) is 6.92 Å². The largest absolute Gasteiger partial charge is 0.491 e. The minimum Gasteiger partial charge on any atom is -0.491 e. The molecule has 0 spiro atoms. The molecule has 3 atom stereocenters. The number of nitrogens with zero attached hydrogens (tertiary/aromatic N) is 1. The van der Waals surface area contributed by atoms with E-state index < -0.39 is 6.03 Å². The smallest absolute Gasteiger partial charge is 0.323 e. The second-order valence-electron chi connectivity index (χ2n) is 8.51. The van der Waals surface area contributed by atoms with Crippen LogP contribution >= 0.6 is 23.2 Å². The van der Waals surface area contributed by atoms with Crippen LogP contribution < -0.4 is 20.7 Å². The molecular formula is C24H30Cl2N4O4. The van der Waals surface area contributed by atoms with Crippen LogP contribution in [0.4, 0.5) is 16.2 Å². The molecule has 3 amide bonds. The lowest BCUT2D eigenvalue weighted by Crippen LogP contribution is -2.44. The van der Waals surface area contributed by atoms with E-state index >= 15 is 0 Å². The fourth-order valence-corrected chi connectivity index (χ4v) is 4.18. The number of methoxy groups -OCH3 is 1. The molecule has 184 valence electrons. The number of ether oxygens (including phenoxy) is 2. The standard InChI is InChI=1S/C24H30Cl2N4O4/c1-14-11-27-15(2)13-34-21-10-18(5-6-20(21)23(31)30(3)12-22(14)33-4)28-24(32)29-19-8-16(25)7-17(26)9-19/h5-10,14-15,22,27H,11-13H2,1-4H3,(H2,28,29,32)/t14-,15-,22+/m0/s1. The van der Waals surface area contributed by atoms with Crippen LogP contribution in [0.3, 0.4) is 0 Å². The summed E-state index contributed by atoms with van der Waals surface area (Å²) in [6.45, 7) is 5.63. The SMILES string of the molecule is CO[C@@H]1CN(C)C(=O)c2ccc(NC(=O)Nc3cc(Cl)cc(Cl)c3)cc2OC[C@H](C)NC[C@@H]1C. The van der Waals surface area contributed by atoms with Crippen molar-refractivity contribution in [2.45, 2.75) is 26.0 Å². The fourth-order valence-electron chi connectivity index (χ4n) is 3.65. The van der Waals surface area contributed by atoms with E-state index in [2.05, 4.69) is 22.9 Å². The van der Waals surface area contributed by atoms with Gasteiger partial charge in [0.1, 0.15) is 12.4 Å². The van der Waals surface area contributed by atoms with Crippen LogP contribution in [0.5, 0.6) is 5.75 Å². The van der Waals surface area contributed by atoms with Gasteiger partial charge in [0, 0.05) is 60.8 Å². The number of halogens is 2. The van der Waals surface area contributed by atoms with Gasteiger partial charge in [0.25, 0.3) is 5.91 Å². The molecule has 0 unspecified atom stereocenters. The molecule has 1 aliphatic rings. The van der Waals surface area contributed by atoms with Gasteiger partial charge in [-0.2, -0.15) is 0 Å². The minimum absolute atomic E-state index is 0.0487. The van der Waals surface area contributed by atoms with Gasteiger partial charge in [-0.3, -0.25) is 4.79 Å². The average molecular weight is 509 g/mol. The molecule has 0 saturated carbocycles. The molecule has 0 saturated heterocycles. The zero-order chi connectivity index (χ0) is 24.8. The van der Waals surface area contributed by atoms with Crippen molar-refractivity contribution in [2.24, 2.45) is 5.92 Å². The van der Waals surface area contributed by atoms with E-state index in [1.165, 1.54) is 0 Å². The lowest BCUT2D eigenvalue weighted by molar-refractivity contribution is 0.0281. The zero-order valence-corrected chi connectivity index (χ0v) is 21.2. The third-order valence-electron chi connectivity index (χ3n) is 5.61. The molecule has 1 heterocycles. The van der Waals surface area contributed by atoms with E-state index in [0.29, 0.717) is 45.9 Å². The van der Waals surface area contributed by atoms with Gasteiger partial charge in [-0.25, -0.2) is 4.79 Å². The molecule has 2 aromatic rings. The molecule has 0 aromatic heterocycles. The Kier molecular flexibility index (Phi) is 9.02. The second kappa shape index (κ2) is 11.8. The number of carbonyl (C=O) groups is 2. The number of carbonyl (C=O) groups excluding carboxylic acids is 2. The Hall–Kier alpha value is -2.52. The number of amides is 3. The summed E-state index contributed by atoms with van der Waals surface area (Å²) < 4.78 is 11.6. The van der Waals surface area contributed by atoms with Crippen molar-refractivity contribution < 1.29 is 19.1 Å². The number of fused-ring (bicyclic) bond motifs is 1. The van der Waals surface area contributed by atoms with Crippen LogP contribution in [0.2, 0.25) is 10.0 Å². The van der Waals surface area contributed by atoms with Crippen molar-refractivity contribution in [1.29, 1.82) is 0 Å². The highest BCUT2D eigenvalue weighted by Crippen LogP contribution is 2.27. The summed E-state index contributed by atoms with van der Waals surface area (Å²) in [6.07, 6.45) is -0.109. The number of hydrogen-bond donors (Lipinski definition) is 3. The Labute approximate surface area is 209 Å². The molecular weight excluding hydrogens is 479 g/mol. The van der Waals surface area contributed by atoms with Crippen molar-refractivity contribution in [2.75, 3.05) is 44.5 Å². The number of benzene rings is 2. The Balaban J connectivity index is 1.81. The first kappa shape index (κ1) is 26.1. The maximum Gasteiger partial charge on any atom is 0.323 e. The number of anilines is 2. The maximum atomic E-state index is 13.2. The maximum absolute atomic E-state index is 13.2. The van der Waals surface area contributed by atoms with Crippen molar-refractivity contribution in [3.63, 3.8) is 0 Å². The number of hydrogen-bond acceptors (Lipinski definition) is 5. The first-order valence-corrected chi connectivity index (χ1v) is 11.7. The molecule has 2 aromatic carbocycles. The minimum atomic E-state index is -0.484. The monoisotopic (exact) mass is 508 g/mol. The summed E-state index contributed by atoms with van der Waals surface area (Å²) in [5.41, 5.74) is 1.33. The normalized spacial score (nSPS) is 21.5. The summed E-state index contributed by atoms with van der Waals surface area (Å²) in [7, 11) is 3.40. The summed E-state index contributed by atoms with van der Waals surface area (Å²) >= 11 is 12.0. The van der Waals surface area contributed by atoms with Gasteiger partial charge >= 0.3 is 6.03 Å². The van der Waals surface area contributed by atoms with Crippen molar-refractivity contribution in [1.82, 2.24) is 10.2 Å². The van der Waals surface area contributed by atoms with Gasteiger partial charge in [-0.1, -0.05) is 30.1 Å². The third-order valence-corrected chi connectivity index (χ3v) is 6.04. The Morgan fingerprint density at radius 2 is 1.79 bits per heavy atom. The summed E-state index contributed by atoms with van der Waals surface area (Å²) in [4.78, 5) is 27.3. The Bertz CT molecular complexity index is 1020. The summed E-state index contributed by atoms with van der Waals surface area (Å²) in [5, 5.41) is 9.70. The van der Waals surface area contributed by atoms with Gasteiger partial charge < -0.3 is 30.3 Å². The Morgan fingerprint density at radius 1 is 1.12 bits per heavy atom. The van der Waals surface area contributed by atoms with Crippen molar-refractivity contribution in [3.8, 4) is 5.75 Å². The number of nitrogens with one attached hydrogen (secondary N) is 3. The Morgan fingerprint density at radius 3 is 2.47 bits per heavy atom. The summed E-state index contributed by atoms with van der Waals surface area (Å²) in [5.74, 6) is 0.410. The van der Waals surface area contributed by atoms with E-state index in [0.717, 1.165) is 6.54 Å². The van der Waals surface area contributed by atoms with Crippen LogP contribution in [0.25, 0.3) is 0 Å². The topological polar surface area (TPSA) is 91.9 Å². The molecule has 3 rings (SSSR count). The zero-order valence-electron chi connectivity index (χ0n) is 19.7. The molecule has 10 heteroatoms. The molecule has 0 aliphatic carbocycles. The predicted molar refractivity (Wildman–Crippen MR) is 135 cm³/mol. The fraction of sp³-hybridized carbons (Fsp3) is 0.417. The lowest BCUT2D eigenvalue weighted by atomic mass is 10.0. The third kappa shape index (κ3) is 6.99. The van der Waals surface area contributed by atoms with Crippen molar-refractivity contribution >= 4 is 46.5 Å². The van der Waals surface area contributed by atoms with Gasteiger partial charge in [0.15, 0.2) is 0 Å². The quantitative estimate of drug-likeness (QED) is 0.557. The first-order chi connectivity index (χ1) is 16.2. The number of likely N-dealkylation sites (N-methyl/N-ethyl adjacent to an activating group) is 1. The second-order valence-corrected chi connectivity index (χ2v) is 9.38. The van der Waals surface area contributed by atoms with E-state index in [-0.39, 0.29) is 24.0 Å². The highest BCUT2D eigenvalue weighted by atomic mass is 35.5. The highest BCUT2D eigenvalue weighted by Gasteiger charge is 2.25. The van der Waals surface area contributed by atoms with Crippen LogP contribution in [0, 0.1) is 5.92 Å². The molecule has 0 fully saturated rings. The van der Waals surface area contributed by atoms with E-state index in [9.17, 15) is 9.59 Å². The molecule has 8 nitrogen and oxygen atoms in total. The van der Waals surface area contributed by atoms with Gasteiger partial charge in [0.05, 0.1) is 11.7 Å². The molecule has 1 aliphatic heterocycles. The molecule has 3 N–H and O–H groups in total. The van der Waals surface area contributed by atoms with Gasteiger partial charge in [-0.15, -0.1) is 0 Å². The molecule has 0 bridgehead atoms. The first-order valence-electron chi connectivity index (χ1n) is 11.0. The van der Waals surface area contributed by atoms with Crippen LogP contribution in [-0.4, -0.2) is 62.8 Å². The predicted octanol–water partition coefficient (Wildman–Crippen LogP) is 4.73.